The van der Waals surface area contributed by atoms with Gasteiger partial charge in [0.2, 0.25) is 5.75 Å². The summed E-state index contributed by atoms with van der Waals surface area (Å²) in [7, 11) is 7.33. The first-order valence-corrected chi connectivity index (χ1v) is 14.4. The van der Waals surface area contributed by atoms with Crippen molar-refractivity contribution in [3.05, 3.63) is 35.4 Å². The van der Waals surface area contributed by atoms with E-state index in [4.69, 9.17) is 33.2 Å². The van der Waals surface area contributed by atoms with E-state index in [1.165, 1.54) is 41.6 Å². The van der Waals surface area contributed by atoms with Gasteiger partial charge in [-0.3, -0.25) is 0 Å². The van der Waals surface area contributed by atoms with Gasteiger partial charge in [-0.25, -0.2) is 9.59 Å². The number of aromatic hydroxyl groups is 1. The number of hydrogen-bond acceptors (Lipinski definition) is 10. The van der Waals surface area contributed by atoms with Crippen LogP contribution in [0.4, 0.5) is 0 Å². The largest absolute Gasteiger partial charge is 0.506 e. The second kappa shape index (κ2) is 14.7. The minimum absolute atomic E-state index is 0.174. The molecule has 234 valence electrons. The Hall–Kier alpha value is -4.34. The molecule has 3 aromatic carbocycles. The Morgan fingerprint density at radius 1 is 0.651 bits per heavy atom. The predicted molar refractivity (Wildman–Crippen MR) is 163 cm³/mol. The molecule has 0 aromatic heterocycles. The third-order valence-corrected chi connectivity index (χ3v) is 7.52. The first-order chi connectivity index (χ1) is 20.7. The van der Waals surface area contributed by atoms with Gasteiger partial charge >= 0.3 is 11.9 Å². The van der Waals surface area contributed by atoms with Gasteiger partial charge < -0.3 is 38.3 Å². The molecule has 0 fully saturated rings. The predicted octanol–water partition coefficient (Wildman–Crippen LogP) is 6.95. The van der Waals surface area contributed by atoms with Crippen LogP contribution in [0.3, 0.4) is 0 Å². The van der Waals surface area contributed by atoms with Crippen molar-refractivity contribution >= 4 is 22.7 Å². The highest BCUT2D eigenvalue weighted by Gasteiger charge is 2.35. The van der Waals surface area contributed by atoms with E-state index in [0.29, 0.717) is 48.1 Å². The Kier molecular flexibility index (Phi) is 11.3. The Labute approximate surface area is 252 Å². The van der Waals surface area contributed by atoms with E-state index in [-0.39, 0.29) is 39.3 Å². The van der Waals surface area contributed by atoms with Crippen LogP contribution in [0.5, 0.6) is 34.5 Å². The summed E-state index contributed by atoms with van der Waals surface area (Å²) in [5, 5.41) is 12.3. The number of ether oxygens (including phenoxy) is 7. The monoisotopic (exact) mass is 598 g/mol. The molecule has 0 aliphatic rings. The highest BCUT2D eigenvalue weighted by atomic mass is 16.6. The van der Waals surface area contributed by atoms with Crippen molar-refractivity contribution in [2.24, 2.45) is 0 Å². The normalized spacial score (nSPS) is 11.0. The zero-order chi connectivity index (χ0) is 31.8. The van der Waals surface area contributed by atoms with Crippen molar-refractivity contribution in [2.75, 3.05) is 35.5 Å². The molecule has 0 saturated carbocycles. The molecule has 0 radical (unpaired) electrons. The fourth-order valence-corrected chi connectivity index (χ4v) is 5.11. The van der Waals surface area contributed by atoms with Gasteiger partial charge in [-0.2, -0.15) is 0 Å². The van der Waals surface area contributed by atoms with Crippen LogP contribution >= 0.6 is 0 Å². The van der Waals surface area contributed by atoms with Gasteiger partial charge in [0, 0.05) is 16.3 Å². The summed E-state index contributed by atoms with van der Waals surface area (Å²) < 4.78 is 39.8. The third-order valence-electron chi connectivity index (χ3n) is 7.52. The highest BCUT2D eigenvalue weighted by Crippen LogP contribution is 2.52. The average molecular weight is 599 g/mol. The minimum Gasteiger partial charge on any atom is -0.506 e. The van der Waals surface area contributed by atoms with Crippen LogP contribution in [0, 0.1) is 0 Å². The van der Waals surface area contributed by atoms with Crippen molar-refractivity contribution in [1.29, 1.82) is 0 Å². The standard InChI is InChI=1S/C33H42O10/c1-10-19(11-2)42-32(35)27-25(18-14-15-22(37-5)23(16-18)38-6)26-21(17-24(39-7)30(40-8)31(26)41-9)29(34)28(27)33(36)43-20(12-3)13-4/h14-17,19-20,34H,10-13H2,1-9H3. The van der Waals surface area contributed by atoms with Crippen molar-refractivity contribution in [1.82, 2.24) is 0 Å². The van der Waals surface area contributed by atoms with Crippen LogP contribution < -0.4 is 23.7 Å². The summed E-state index contributed by atoms with van der Waals surface area (Å²) in [6.45, 7) is 7.58. The molecule has 0 spiro atoms. The number of esters is 2. The van der Waals surface area contributed by atoms with Crippen molar-refractivity contribution < 1.29 is 47.9 Å². The molecule has 0 bridgehead atoms. The molecule has 0 unspecified atom stereocenters. The SMILES string of the molecule is CCC(CC)OC(=O)c1c(C(=O)OC(CC)CC)c(-c2ccc(OC)c(OC)c2)c2c(OC)c(OC)c(OC)cc2c1O. The number of hydrogen-bond donors (Lipinski definition) is 1. The van der Waals surface area contributed by atoms with Gasteiger partial charge in [-0.15, -0.1) is 0 Å². The molecule has 10 nitrogen and oxygen atoms in total. The average Bonchev–Trinajstić information content (AvgIpc) is 3.04. The van der Waals surface area contributed by atoms with Crippen molar-refractivity contribution in [3.8, 4) is 45.6 Å². The molecule has 3 aromatic rings. The number of fused-ring (bicyclic) bond motifs is 1. The molecular weight excluding hydrogens is 556 g/mol. The number of phenols is 1. The van der Waals surface area contributed by atoms with Crippen molar-refractivity contribution in [2.45, 2.75) is 65.6 Å². The molecule has 0 heterocycles. The van der Waals surface area contributed by atoms with Gasteiger partial charge in [-0.05, 0) is 49.4 Å². The first kappa shape index (κ1) is 33.2. The smallest absolute Gasteiger partial charge is 0.343 e. The summed E-state index contributed by atoms with van der Waals surface area (Å²) in [5.41, 5.74) is 0.209. The van der Waals surface area contributed by atoms with Crippen LogP contribution in [0.2, 0.25) is 0 Å². The molecule has 1 N–H and O–H groups in total. The summed E-state index contributed by atoms with van der Waals surface area (Å²) in [4.78, 5) is 28.1. The van der Waals surface area contributed by atoms with Gasteiger partial charge in [0.1, 0.15) is 23.5 Å². The second-order valence-corrected chi connectivity index (χ2v) is 9.80. The summed E-state index contributed by atoms with van der Waals surface area (Å²) in [5.74, 6) is -0.669. The molecule has 43 heavy (non-hydrogen) atoms. The summed E-state index contributed by atoms with van der Waals surface area (Å²) in [6.07, 6.45) is 1.33. The van der Waals surface area contributed by atoms with Crippen LogP contribution in [0.25, 0.3) is 21.9 Å². The van der Waals surface area contributed by atoms with E-state index in [1.807, 2.05) is 27.7 Å². The van der Waals surface area contributed by atoms with Gasteiger partial charge in [0.15, 0.2) is 23.0 Å². The minimum atomic E-state index is -0.861. The highest BCUT2D eigenvalue weighted by molar-refractivity contribution is 6.20. The molecule has 0 aliphatic carbocycles. The Balaban J connectivity index is 2.66. The maximum absolute atomic E-state index is 14.2. The van der Waals surface area contributed by atoms with E-state index < -0.39 is 29.9 Å². The number of rotatable bonds is 14. The number of methoxy groups -OCH3 is 5. The number of carbonyl (C=O) groups is 2. The molecular formula is C33H42O10. The molecule has 3 rings (SSSR count). The second-order valence-electron chi connectivity index (χ2n) is 9.80. The van der Waals surface area contributed by atoms with Crippen LogP contribution in [0.1, 0.15) is 74.1 Å². The number of phenolic OH excluding ortho intramolecular Hbond substituents is 1. The zero-order valence-corrected chi connectivity index (χ0v) is 26.4. The van der Waals surface area contributed by atoms with E-state index in [2.05, 4.69) is 0 Å². The number of carbonyl (C=O) groups excluding carboxylic acids is 2. The van der Waals surface area contributed by atoms with Crippen LogP contribution in [0.15, 0.2) is 24.3 Å². The van der Waals surface area contributed by atoms with E-state index in [1.54, 1.807) is 18.2 Å². The van der Waals surface area contributed by atoms with Gasteiger partial charge in [-0.1, -0.05) is 33.8 Å². The van der Waals surface area contributed by atoms with E-state index in [0.717, 1.165) is 0 Å². The lowest BCUT2D eigenvalue weighted by molar-refractivity contribution is 0.0234. The van der Waals surface area contributed by atoms with Crippen LogP contribution in [-0.2, 0) is 9.47 Å². The molecule has 10 heteroatoms. The van der Waals surface area contributed by atoms with Gasteiger partial charge in [0.05, 0.1) is 41.1 Å². The quantitative estimate of drug-likeness (QED) is 0.195. The maximum atomic E-state index is 14.2. The van der Waals surface area contributed by atoms with E-state index in [9.17, 15) is 14.7 Å². The maximum Gasteiger partial charge on any atom is 0.343 e. The van der Waals surface area contributed by atoms with Gasteiger partial charge in [0.25, 0.3) is 0 Å². The summed E-state index contributed by atoms with van der Waals surface area (Å²) in [6, 6.07) is 6.59. The lowest BCUT2D eigenvalue weighted by atomic mass is 9.87. The Morgan fingerprint density at radius 2 is 1.16 bits per heavy atom. The number of benzene rings is 3. The lowest BCUT2D eigenvalue weighted by Crippen LogP contribution is -2.23. The topological polar surface area (TPSA) is 119 Å². The molecule has 0 aliphatic heterocycles. The van der Waals surface area contributed by atoms with E-state index >= 15 is 0 Å². The fourth-order valence-electron chi connectivity index (χ4n) is 5.11. The Bertz CT molecular complexity index is 1450. The lowest BCUT2D eigenvalue weighted by Gasteiger charge is -2.24. The third kappa shape index (κ3) is 6.38. The molecule has 0 amide bonds. The van der Waals surface area contributed by atoms with Crippen molar-refractivity contribution in [3.63, 3.8) is 0 Å². The Morgan fingerprint density at radius 3 is 1.63 bits per heavy atom. The molecule has 0 atom stereocenters. The fraction of sp³-hybridized carbons (Fsp3) is 0.455. The zero-order valence-electron chi connectivity index (χ0n) is 26.4. The summed E-state index contributed by atoms with van der Waals surface area (Å²) >= 11 is 0. The first-order valence-electron chi connectivity index (χ1n) is 14.4. The van der Waals surface area contributed by atoms with Crippen LogP contribution in [-0.4, -0.2) is 64.8 Å². The molecule has 0 saturated heterocycles.